The van der Waals surface area contributed by atoms with Gasteiger partial charge in [0.25, 0.3) is 0 Å². The third-order valence-corrected chi connectivity index (χ3v) is 2.91. The van der Waals surface area contributed by atoms with Crippen LogP contribution in [-0.4, -0.2) is 61.7 Å². The SMILES string of the molecule is CSCC[C@H](N)C(=O)O.Cl.N[C@@H](Cc1cnc[nH]1)C(=O)O.O. The smallest absolute Gasteiger partial charge is 0.320 e. The van der Waals surface area contributed by atoms with Crippen LogP contribution in [0.25, 0.3) is 0 Å². The number of rotatable bonds is 7. The highest BCUT2D eigenvalue weighted by Crippen LogP contribution is 1.97. The Morgan fingerprint density at radius 2 is 1.86 bits per heavy atom. The molecule has 0 aliphatic carbocycles. The molecular weight excluding hydrogens is 336 g/mol. The minimum absolute atomic E-state index is 0. The number of thioether (sulfide) groups is 1. The van der Waals surface area contributed by atoms with Crippen LogP contribution < -0.4 is 11.5 Å². The first-order valence-electron chi connectivity index (χ1n) is 5.81. The minimum atomic E-state index is -1.00. The third kappa shape index (κ3) is 12.4. The van der Waals surface area contributed by atoms with Crippen molar-refractivity contribution in [2.75, 3.05) is 12.0 Å². The van der Waals surface area contributed by atoms with Crippen LogP contribution in [0.2, 0.25) is 0 Å². The predicted molar refractivity (Wildman–Crippen MR) is 87.4 cm³/mol. The van der Waals surface area contributed by atoms with E-state index in [2.05, 4.69) is 9.97 Å². The molecule has 0 bridgehead atoms. The van der Waals surface area contributed by atoms with Crippen LogP contribution in [0.4, 0.5) is 0 Å². The molecule has 0 amide bonds. The molecule has 9 nitrogen and oxygen atoms in total. The van der Waals surface area contributed by atoms with Crippen molar-refractivity contribution in [1.29, 1.82) is 0 Å². The quantitative estimate of drug-likeness (QED) is 0.415. The van der Waals surface area contributed by atoms with Crippen LogP contribution in [0, 0.1) is 0 Å². The molecule has 0 aromatic carbocycles. The van der Waals surface area contributed by atoms with Crippen molar-refractivity contribution >= 4 is 36.1 Å². The average molecular weight is 359 g/mol. The Morgan fingerprint density at radius 1 is 1.32 bits per heavy atom. The number of hydrogen-bond acceptors (Lipinski definition) is 6. The van der Waals surface area contributed by atoms with Crippen LogP contribution >= 0.6 is 24.2 Å². The van der Waals surface area contributed by atoms with Crippen LogP contribution in [0.3, 0.4) is 0 Å². The maximum Gasteiger partial charge on any atom is 0.320 e. The molecule has 0 aliphatic heterocycles. The van der Waals surface area contributed by atoms with E-state index in [1.165, 1.54) is 6.33 Å². The molecule has 1 heterocycles. The first-order valence-corrected chi connectivity index (χ1v) is 7.20. The number of halogens is 1. The number of imidazole rings is 1. The zero-order chi connectivity index (χ0) is 15.5. The number of aliphatic carboxylic acids is 2. The molecule has 11 heteroatoms. The Kier molecular flexibility index (Phi) is 17.0. The number of nitrogens with two attached hydrogens (primary N) is 2. The first kappa shape index (κ1) is 25.6. The van der Waals surface area contributed by atoms with Gasteiger partial charge in [0.05, 0.1) is 6.33 Å². The van der Waals surface area contributed by atoms with E-state index < -0.39 is 24.0 Å². The van der Waals surface area contributed by atoms with E-state index in [0.717, 1.165) is 11.4 Å². The summed E-state index contributed by atoms with van der Waals surface area (Å²) in [7, 11) is 0. The second kappa shape index (κ2) is 14.6. The number of nitrogens with zero attached hydrogens (tertiary/aromatic N) is 1. The fourth-order valence-electron chi connectivity index (χ4n) is 1.09. The van der Waals surface area contributed by atoms with Gasteiger partial charge >= 0.3 is 11.9 Å². The van der Waals surface area contributed by atoms with Gasteiger partial charge in [-0.25, -0.2) is 4.98 Å². The third-order valence-electron chi connectivity index (χ3n) is 2.26. The van der Waals surface area contributed by atoms with Gasteiger partial charge in [0.15, 0.2) is 0 Å². The van der Waals surface area contributed by atoms with Crippen molar-refractivity contribution in [1.82, 2.24) is 9.97 Å². The molecular formula is C11H23ClN4O5S. The Morgan fingerprint density at radius 3 is 2.23 bits per heavy atom. The van der Waals surface area contributed by atoms with Crippen molar-refractivity contribution in [3.05, 3.63) is 18.2 Å². The van der Waals surface area contributed by atoms with Crippen molar-refractivity contribution in [2.24, 2.45) is 11.5 Å². The summed E-state index contributed by atoms with van der Waals surface area (Å²) >= 11 is 1.60. The van der Waals surface area contributed by atoms with E-state index in [1.54, 1.807) is 18.0 Å². The zero-order valence-corrected chi connectivity index (χ0v) is 13.7. The predicted octanol–water partition coefficient (Wildman–Crippen LogP) is -0.887. The van der Waals surface area contributed by atoms with Gasteiger partial charge in [-0.3, -0.25) is 9.59 Å². The molecule has 0 fully saturated rings. The molecule has 1 rings (SSSR count). The maximum absolute atomic E-state index is 10.3. The van der Waals surface area contributed by atoms with E-state index in [1.807, 2.05) is 6.26 Å². The second-order valence-electron chi connectivity index (χ2n) is 3.95. The van der Waals surface area contributed by atoms with Gasteiger partial charge in [-0.1, -0.05) is 0 Å². The molecule has 0 radical (unpaired) electrons. The monoisotopic (exact) mass is 358 g/mol. The molecule has 9 N–H and O–H groups in total. The lowest BCUT2D eigenvalue weighted by molar-refractivity contribution is -0.139. The maximum atomic E-state index is 10.3. The van der Waals surface area contributed by atoms with Crippen molar-refractivity contribution in [2.45, 2.75) is 24.9 Å². The molecule has 0 saturated carbocycles. The van der Waals surface area contributed by atoms with E-state index in [0.29, 0.717) is 6.42 Å². The molecule has 1 aromatic rings. The summed E-state index contributed by atoms with van der Waals surface area (Å²) in [5.41, 5.74) is 11.2. The van der Waals surface area contributed by atoms with Crippen molar-refractivity contribution < 1.29 is 25.3 Å². The fraction of sp³-hybridized carbons (Fsp3) is 0.545. The molecule has 0 saturated heterocycles. The Hall–Kier alpha value is -1.33. The van der Waals surface area contributed by atoms with E-state index in [9.17, 15) is 9.59 Å². The lowest BCUT2D eigenvalue weighted by Crippen LogP contribution is -2.32. The van der Waals surface area contributed by atoms with Crippen LogP contribution in [0.1, 0.15) is 12.1 Å². The van der Waals surface area contributed by atoms with Gasteiger partial charge in [0, 0.05) is 18.3 Å². The summed E-state index contributed by atoms with van der Waals surface area (Å²) in [6.07, 6.45) is 5.81. The van der Waals surface area contributed by atoms with E-state index >= 15 is 0 Å². The zero-order valence-electron chi connectivity index (χ0n) is 12.1. The van der Waals surface area contributed by atoms with Gasteiger partial charge in [0.2, 0.25) is 0 Å². The molecule has 130 valence electrons. The Labute approximate surface area is 138 Å². The standard InChI is InChI=1S/C6H9N3O2.C5H11NO2S.ClH.H2O/c7-5(6(10)11)1-4-2-8-3-9-4;1-9-3-2-4(6)5(7)8;;/h2-3,5H,1,7H2,(H,8,9)(H,10,11);4H,2-3,6H2,1H3,(H,7,8);1H;1H2/t5-;4-;;/m00../s1. The molecule has 0 unspecified atom stereocenters. The summed E-state index contributed by atoms with van der Waals surface area (Å²) in [4.78, 5) is 26.8. The highest BCUT2D eigenvalue weighted by molar-refractivity contribution is 7.98. The van der Waals surface area contributed by atoms with Gasteiger partial charge in [0.1, 0.15) is 12.1 Å². The van der Waals surface area contributed by atoms with Crippen LogP contribution in [0.15, 0.2) is 12.5 Å². The Balaban J connectivity index is -0.000000307. The van der Waals surface area contributed by atoms with Gasteiger partial charge in [-0.05, 0) is 18.4 Å². The topological polar surface area (TPSA) is 187 Å². The van der Waals surface area contributed by atoms with E-state index in [-0.39, 0.29) is 24.3 Å². The van der Waals surface area contributed by atoms with Gasteiger partial charge in [-0.2, -0.15) is 11.8 Å². The van der Waals surface area contributed by atoms with Gasteiger partial charge in [-0.15, -0.1) is 12.4 Å². The molecule has 0 aliphatic rings. The fourth-order valence-corrected chi connectivity index (χ4v) is 1.58. The molecule has 22 heavy (non-hydrogen) atoms. The molecule has 0 spiro atoms. The average Bonchev–Trinajstić information content (AvgIpc) is 2.89. The largest absolute Gasteiger partial charge is 0.480 e. The summed E-state index contributed by atoms with van der Waals surface area (Å²) in [6.45, 7) is 0. The lowest BCUT2D eigenvalue weighted by Gasteiger charge is -2.02. The highest BCUT2D eigenvalue weighted by Gasteiger charge is 2.12. The number of hydrogen-bond donors (Lipinski definition) is 5. The number of H-pyrrole nitrogens is 1. The summed E-state index contributed by atoms with van der Waals surface area (Å²) < 4.78 is 0. The molecule has 1 aromatic heterocycles. The number of carboxylic acid groups (broad SMARTS) is 2. The van der Waals surface area contributed by atoms with Crippen molar-refractivity contribution in [3.8, 4) is 0 Å². The number of aromatic nitrogens is 2. The summed E-state index contributed by atoms with van der Waals surface area (Å²) in [6, 6.07) is -1.53. The highest BCUT2D eigenvalue weighted by atomic mass is 35.5. The Bertz CT molecular complexity index is 407. The number of carbonyl (C=O) groups is 2. The molecule has 2 atom stereocenters. The van der Waals surface area contributed by atoms with E-state index in [4.69, 9.17) is 21.7 Å². The van der Waals surface area contributed by atoms with Gasteiger partial charge < -0.3 is 32.1 Å². The summed E-state index contributed by atoms with van der Waals surface area (Å²) in [5, 5.41) is 16.7. The summed E-state index contributed by atoms with van der Waals surface area (Å²) in [5.74, 6) is -1.10. The lowest BCUT2D eigenvalue weighted by atomic mass is 10.2. The second-order valence-corrected chi connectivity index (χ2v) is 4.94. The van der Waals surface area contributed by atoms with Crippen LogP contribution in [0.5, 0.6) is 0 Å². The number of carboxylic acids is 2. The number of aromatic amines is 1. The van der Waals surface area contributed by atoms with Crippen LogP contribution in [-0.2, 0) is 16.0 Å². The normalized spacial score (nSPS) is 11.8. The number of nitrogens with one attached hydrogen (secondary N) is 1. The first-order chi connectivity index (χ1) is 9.38. The minimum Gasteiger partial charge on any atom is -0.480 e. The van der Waals surface area contributed by atoms with Crippen molar-refractivity contribution in [3.63, 3.8) is 0 Å².